The van der Waals surface area contributed by atoms with Crippen molar-refractivity contribution < 1.29 is 4.79 Å². The zero-order valence-electron chi connectivity index (χ0n) is 12.6. The molecular weight excluding hydrogens is 232 g/mol. The van der Waals surface area contributed by atoms with Crippen LogP contribution in [0.2, 0.25) is 0 Å². The lowest BCUT2D eigenvalue weighted by atomic mass is 9.99. The number of rotatable bonds is 13. The summed E-state index contributed by atoms with van der Waals surface area (Å²) in [5.41, 5.74) is 0. The van der Waals surface area contributed by atoms with E-state index in [1.54, 1.807) is 0 Å². The Morgan fingerprint density at radius 3 is 1.95 bits per heavy atom. The summed E-state index contributed by atoms with van der Waals surface area (Å²) >= 11 is 0. The van der Waals surface area contributed by atoms with Gasteiger partial charge in [-0.2, -0.15) is 0 Å². The van der Waals surface area contributed by atoms with Crippen LogP contribution in [0.5, 0.6) is 0 Å². The molecule has 0 aromatic heterocycles. The van der Waals surface area contributed by atoms with Crippen LogP contribution in [-0.2, 0) is 4.79 Å². The number of hydrogen-bond acceptors (Lipinski definition) is 1. The molecule has 110 valence electrons. The van der Waals surface area contributed by atoms with Gasteiger partial charge in [0.1, 0.15) is 6.29 Å². The van der Waals surface area contributed by atoms with Crippen molar-refractivity contribution in [3.63, 3.8) is 0 Å². The summed E-state index contributed by atoms with van der Waals surface area (Å²) in [5.74, 6) is 0.909. The lowest BCUT2D eigenvalue weighted by Crippen LogP contribution is -1.91. The first kappa shape index (κ1) is 16.5. The third-order valence-electron chi connectivity index (χ3n) is 4.26. The van der Waals surface area contributed by atoms with E-state index >= 15 is 0 Å². The molecule has 1 atom stereocenters. The lowest BCUT2D eigenvalue weighted by Gasteiger charge is -2.06. The third kappa shape index (κ3) is 9.92. The molecule has 0 aromatic carbocycles. The fourth-order valence-corrected chi connectivity index (χ4v) is 2.98. The Hall–Kier alpha value is -0.590. The second-order valence-electron chi connectivity index (χ2n) is 6.05. The average molecular weight is 264 g/mol. The number of unbranched alkanes of at least 4 members (excludes halogenated alkanes) is 10. The van der Waals surface area contributed by atoms with E-state index in [1.807, 2.05) is 0 Å². The van der Waals surface area contributed by atoms with Crippen LogP contribution in [0.3, 0.4) is 0 Å². The van der Waals surface area contributed by atoms with Crippen LogP contribution in [0.4, 0.5) is 0 Å². The van der Waals surface area contributed by atoms with Gasteiger partial charge in [-0.05, 0) is 31.6 Å². The Bertz CT molecular complexity index is 232. The summed E-state index contributed by atoms with van der Waals surface area (Å²) in [7, 11) is 0. The molecule has 0 fully saturated rings. The lowest BCUT2D eigenvalue weighted by molar-refractivity contribution is -0.107. The molecule has 0 aliphatic heterocycles. The van der Waals surface area contributed by atoms with Crippen molar-refractivity contribution in [2.45, 2.75) is 89.9 Å². The van der Waals surface area contributed by atoms with E-state index in [0.717, 1.165) is 25.0 Å². The molecule has 0 N–H and O–H groups in total. The average Bonchev–Trinajstić information content (AvgIpc) is 2.93. The third-order valence-corrected chi connectivity index (χ3v) is 4.26. The molecule has 1 aliphatic rings. The molecule has 1 unspecified atom stereocenters. The fourth-order valence-electron chi connectivity index (χ4n) is 2.98. The monoisotopic (exact) mass is 264 g/mol. The van der Waals surface area contributed by atoms with Gasteiger partial charge in [0.2, 0.25) is 0 Å². The van der Waals surface area contributed by atoms with Crippen LogP contribution in [0.25, 0.3) is 0 Å². The predicted molar refractivity (Wildman–Crippen MR) is 83.3 cm³/mol. The van der Waals surface area contributed by atoms with Crippen molar-refractivity contribution in [3.8, 4) is 0 Å². The summed E-state index contributed by atoms with van der Waals surface area (Å²) in [5, 5.41) is 0. The maximum atomic E-state index is 10.1. The van der Waals surface area contributed by atoms with Gasteiger partial charge in [-0.3, -0.25) is 0 Å². The van der Waals surface area contributed by atoms with Crippen LogP contribution in [-0.4, -0.2) is 6.29 Å². The van der Waals surface area contributed by atoms with Gasteiger partial charge in [0.05, 0.1) is 0 Å². The fraction of sp³-hybridized carbons (Fsp3) is 0.833. The molecule has 1 aliphatic carbocycles. The normalized spacial score (nSPS) is 18.0. The van der Waals surface area contributed by atoms with Crippen molar-refractivity contribution in [1.29, 1.82) is 0 Å². The molecule has 0 heterocycles. The standard InChI is InChI=1S/C18H32O/c19-17-13-9-7-5-3-1-2-4-6-8-10-14-18-15-11-12-16-18/h11,15,17-18H,1-10,12-14,16H2. The Morgan fingerprint density at radius 1 is 0.842 bits per heavy atom. The first-order valence-corrected chi connectivity index (χ1v) is 8.54. The van der Waals surface area contributed by atoms with Crippen molar-refractivity contribution in [2.24, 2.45) is 5.92 Å². The van der Waals surface area contributed by atoms with E-state index < -0.39 is 0 Å². The van der Waals surface area contributed by atoms with E-state index in [1.165, 1.54) is 77.0 Å². The second-order valence-corrected chi connectivity index (χ2v) is 6.05. The van der Waals surface area contributed by atoms with Crippen LogP contribution < -0.4 is 0 Å². The van der Waals surface area contributed by atoms with Crippen LogP contribution in [0.1, 0.15) is 89.9 Å². The number of aldehydes is 1. The summed E-state index contributed by atoms with van der Waals surface area (Å²) < 4.78 is 0. The summed E-state index contributed by atoms with van der Waals surface area (Å²) in [6.07, 6.45) is 24.3. The maximum Gasteiger partial charge on any atom is 0.119 e. The summed E-state index contributed by atoms with van der Waals surface area (Å²) in [6.45, 7) is 0. The van der Waals surface area contributed by atoms with Gasteiger partial charge in [0, 0.05) is 6.42 Å². The van der Waals surface area contributed by atoms with Crippen molar-refractivity contribution in [2.75, 3.05) is 0 Å². The molecule has 0 bridgehead atoms. The Balaban J connectivity index is 1.69. The van der Waals surface area contributed by atoms with E-state index in [2.05, 4.69) is 12.2 Å². The Labute approximate surface area is 119 Å². The van der Waals surface area contributed by atoms with Gasteiger partial charge in [-0.15, -0.1) is 0 Å². The summed E-state index contributed by atoms with van der Waals surface area (Å²) in [4.78, 5) is 10.1. The van der Waals surface area contributed by atoms with Gasteiger partial charge in [0.25, 0.3) is 0 Å². The molecule has 0 saturated carbocycles. The minimum absolute atomic E-state index is 0.760. The van der Waals surface area contributed by atoms with E-state index in [0.29, 0.717) is 0 Å². The minimum Gasteiger partial charge on any atom is -0.303 e. The van der Waals surface area contributed by atoms with Crippen LogP contribution in [0.15, 0.2) is 12.2 Å². The molecule has 0 aromatic rings. The molecule has 0 radical (unpaired) electrons. The molecule has 1 rings (SSSR count). The highest BCUT2D eigenvalue weighted by molar-refractivity contribution is 5.48. The Kier molecular flexibility index (Phi) is 10.8. The molecule has 0 amide bonds. The maximum absolute atomic E-state index is 10.1. The summed E-state index contributed by atoms with van der Waals surface area (Å²) in [6, 6.07) is 0. The first-order valence-electron chi connectivity index (χ1n) is 8.54. The van der Waals surface area contributed by atoms with Crippen molar-refractivity contribution in [3.05, 3.63) is 12.2 Å². The number of allylic oxidation sites excluding steroid dienone is 2. The highest BCUT2D eigenvalue weighted by Crippen LogP contribution is 2.23. The Morgan fingerprint density at radius 2 is 1.42 bits per heavy atom. The first-order chi connectivity index (χ1) is 9.43. The highest BCUT2D eigenvalue weighted by atomic mass is 16.1. The largest absolute Gasteiger partial charge is 0.303 e. The minimum atomic E-state index is 0.760. The van der Waals surface area contributed by atoms with E-state index in [9.17, 15) is 4.79 Å². The second kappa shape index (κ2) is 12.4. The van der Waals surface area contributed by atoms with Gasteiger partial charge in [-0.1, -0.05) is 69.9 Å². The number of hydrogen-bond donors (Lipinski definition) is 0. The number of carbonyl (C=O) groups excluding carboxylic acids is 1. The SMILES string of the molecule is O=CCCCCCCCCCCCCC1C=CCC1. The van der Waals surface area contributed by atoms with Gasteiger partial charge >= 0.3 is 0 Å². The van der Waals surface area contributed by atoms with E-state index in [4.69, 9.17) is 0 Å². The smallest absolute Gasteiger partial charge is 0.119 e. The molecule has 1 nitrogen and oxygen atoms in total. The zero-order valence-corrected chi connectivity index (χ0v) is 12.6. The van der Waals surface area contributed by atoms with Crippen LogP contribution >= 0.6 is 0 Å². The van der Waals surface area contributed by atoms with Gasteiger partial charge in [-0.25, -0.2) is 0 Å². The van der Waals surface area contributed by atoms with Gasteiger partial charge in [0.15, 0.2) is 0 Å². The zero-order chi connectivity index (χ0) is 13.6. The van der Waals surface area contributed by atoms with Crippen LogP contribution in [0, 0.1) is 5.92 Å². The quantitative estimate of drug-likeness (QED) is 0.232. The molecule has 1 heteroatoms. The van der Waals surface area contributed by atoms with Crippen molar-refractivity contribution in [1.82, 2.24) is 0 Å². The van der Waals surface area contributed by atoms with E-state index in [-0.39, 0.29) is 0 Å². The van der Waals surface area contributed by atoms with Crippen molar-refractivity contribution >= 4 is 6.29 Å². The molecule has 19 heavy (non-hydrogen) atoms. The topological polar surface area (TPSA) is 17.1 Å². The predicted octanol–water partition coefficient (Wildman–Crippen LogP) is 5.83. The van der Waals surface area contributed by atoms with Gasteiger partial charge < -0.3 is 4.79 Å². The number of carbonyl (C=O) groups is 1. The molecular formula is C18H32O. The highest BCUT2D eigenvalue weighted by Gasteiger charge is 2.07. The molecule has 0 spiro atoms. The molecule has 0 saturated heterocycles.